The molecule has 1 aromatic heterocycles. The summed E-state index contributed by atoms with van der Waals surface area (Å²) in [5.41, 5.74) is 5.22. The molecule has 0 radical (unpaired) electrons. The van der Waals surface area contributed by atoms with E-state index in [9.17, 15) is 0 Å². The van der Waals surface area contributed by atoms with Gasteiger partial charge >= 0.3 is 0 Å². The lowest BCUT2D eigenvalue weighted by molar-refractivity contribution is 0.504. The molecule has 1 aliphatic heterocycles. The molecular formula is C9H12N4. The van der Waals surface area contributed by atoms with Crippen molar-refractivity contribution >= 4 is 6.21 Å². The van der Waals surface area contributed by atoms with Crippen LogP contribution < -0.4 is 5.73 Å². The van der Waals surface area contributed by atoms with Gasteiger partial charge in [0.25, 0.3) is 0 Å². The van der Waals surface area contributed by atoms with Gasteiger partial charge in [-0.2, -0.15) is 0 Å². The van der Waals surface area contributed by atoms with Crippen LogP contribution in [0.5, 0.6) is 0 Å². The molecule has 0 fully saturated rings. The number of nitrogens with one attached hydrogen (secondary N) is 1. The highest BCUT2D eigenvalue weighted by Crippen LogP contribution is 2.30. The Kier molecular flexibility index (Phi) is 1.98. The van der Waals surface area contributed by atoms with Crippen LogP contribution >= 0.6 is 0 Å². The zero-order chi connectivity index (χ0) is 9.15. The molecule has 0 saturated carbocycles. The Labute approximate surface area is 76.6 Å². The van der Waals surface area contributed by atoms with Crippen LogP contribution in [0.25, 0.3) is 0 Å². The van der Waals surface area contributed by atoms with E-state index in [0.29, 0.717) is 6.54 Å². The van der Waals surface area contributed by atoms with E-state index in [2.05, 4.69) is 15.0 Å². The van der Waals surface area contributed by atoms with Crippen LogP contribution in [0, 0.1) is 0 Å². The molecule has 0 bridgehead atoms. The summed E-state index contributed by atoms with van der Waals surface area (Å²) in [7, 11) is 0. The van der Waals surface area contributed by atoms with E-state index in [0.717, 1.165) is 12.2 Å². The molecule has 1 unspecified atom stereocenters. The average Bonchev–Trinajstić information content (AvgIpc) is 2.73. The second kappa shape index (κ2) is 3.14. The second-order valence-corrected chi connectivity index (χ2v) is 3.04. The lowest BCUT2D eigenvalue weighted by Gasteiger charge is -2.20. The monoisotopic (exact) mass is 176 g/mol. The van der Waals surface area contributed by atoms with Gasteiger partial charge in [0, 0.05) is 18.6 Å². The van der Waals surface area contributed by atoms with Crippen molar-refractivity contribution in [3.8, 4) is 0 Å². The minimum Gasteiger partial charge on any atom is -0.346 e. The highest BCUT2D eigenvalue weighted by Gasteiger charge is 2.31. The van der Waals surface area contributed by atoms with Gasteiger partial charge in [0.05, 0.1) is 0 Å². The van der Waals surface area contributed by atoms with E-state index >= 15 is 0 Å². The van der Waals surface area contributed by atoms with Crippen LogP contribution in [-0.2, 0) is 5.54 Å². The molecule has 2 heterocycles. The molecule has 0 amide bonds. The summed E-state index contributed by atoms with van der Waals surface area (Å²) in [4.78, 5) is 11.7. The summed E-state index contributed by atoms with van der Waals surface area (Å²) in [6, 6.07) is 0. The second-order valence-electron chi connectivity index (χ2n) is 3.04. The molecule has 0 aliphatic carbocycles. The number of aliphatic imine (C=N–C) groups is 1. The average molecular weight is 176 g/mol. The van der Waals surface area contributed by atoms with Gasteiger partial charge in [0.2, 0.25) is 0 Å². The van der Waals surface area contributed by atoms with Crippen LogP contribution in [0.4, 0.5) is 0 Å². The zero-order valence-corrected chi connectivity index (χ0v) is 7.27. The van der Waals surface area contributed by atoms with Gasteiger partial charge in [-0.15, -0.1) is 0 Å². The van der Waals surface area contributed by atoms with E-state index in [1.807, 2.05) is 12.2 Å². The number of hydrogen-bond donors (Lipinski definition) is 2. The molecule has 3 N–H and O–H groups in total. The third-order valence-electron chi connectivity index (χ3n) is 2.20. The highest BCUT2D eigenvalue weighted by atomic mass is 15.0. The van der Waals surface area contributed by atoms with Gasteiger partial charge in [-0.25, -0.2) is 4.98 Å². The predicted octanol–water partition coefficient (Wildman–Crippen LogP) is 0.594. The molecule has 1 aromatic rings. The van der Waals surface area contributed by atoms with Crippen molar-refractivity contribution in [1.82, 2.24) is 9.97 Å². The molecule has 1 atom stereocenters. The first-order valence-corrected chi connectivity index (χ1v) is 4.30. The van der Waals surface area contributed by atoms with Crippen LogP contribution in [-0.4, -0.2) is 22.7 Å². The van der Waals surface area contributed by atoms with Crippen LogP contribution in [0.2, 0.25) is 0 Å². The van der Waals surface area contributed by atoms with Gasteiger partial charge in [-0.05, 0) is 25.1 Å². The topological polar surface area (TPSA) is 67.1 Å². The maximum absolute atomic E-state index is 5.55. The largest absolute Gasteiger partial charge is 0.346 e. The van der Waals surface area contributed by atoms with E-state index < -0.39 is 0 Å². The number of imidazole rings is 1. The van der Waals surface area contributed by atoms with Gasteiger partial charge < -0.3 is 10.7 Å². The Bertz CT molecular complexity index is 311. The fourth-order valence-corrected chi connectivity index (χ4v) is 1.55. The fraction of sp³-hybridized carbons (Fsp3) is 0.333. The van der Waals surface area contributed by atoms with Gasteiger partial charge in [0.15, 0.2) is 0 Å². The highest BCUT2D eigenvalue weighted by molar-refractivity contribution is 5.75. The van der Waals surface area contributed by atoms with Crippen molar-refractivity contribution in [3.63, 3.8) is 0 Å². The minimum atomic E-state index is -0.335. The van der Waals surface area contributed by atoms with Crippen molar-refractivity contribution in [2.24, 2.45) is 10.7 Å². The molecule has 0 aromatic carbocycles. The summed E-state index contributed by atoms with van der Waals surface area (Å²) in [6.07, 6.45) is 10.1. The Hall–Kier alpha value is -1.42. The van der Waals surface area contributed by atoms with Gasteiger partial charge in [0.1, 0.15) is 11.4 Å². The summed E-state index contributed by atoms with van der Waals surface area (Å²) in [5.74, 6) is 0.864. The Balaban J connectivity index is 2.34. The summed E-state index contributed by atoms with van der Waals surface area (Å²) in [6.45, 7) is 0.600. The number of rotatable bonds is 3. The van der Waals surface area contributed by atoms with E-state index in [4.69, 9.17) is 5.73 Å². The number of aromatic amines is 1. The molecule has 0 saturated heterocycles. The summed E-state index contributed by atoms with van der Waals surface area (Å²) >= 11 is 0. The molecule has 68 valence electrons. The third kappa shape index (κ3) is 1.29. The number of aromatic nitrogens is 2. The van der Waals surface area contributed by atoms with Crippen LogP contribution in [0.1, 0.15) is 12.2 Å². The van der Waals surface area contributed by atoms with E-state index in [-0.39, 0.29) is 5.54 Å². The number of hydrogen-bond acceptors (Lipinski definition) is 3. The first-order chi connectivity index (χ1) is 6.37. The maximum atomic E-state index is 5.55. The van der Waals surface area contributed by atoms with Gasteiger partial charge in [-0.3, -0.25) is 4.99 Å². The SMILES string of the molecule is NCCC1(c2ncc[nH]2)C=CC=N1. The van der Waals surface area contributed by atoms with Crippen molar-refractivity contribution in [3.05, 3.63) is 30.4 Å². The standard InChI is InChI=1S/C9H12N4/c10-4-3-9(2-1-5-13-9)8-11-6-7-12-8/h1-2,5-7H,3-4,10H2,(H,11,12). The summed E-state index contributed by atoms with van der Waals surface area (Å²) < 4.78 is 0. The van der Waals surface area contributed by atoms with Crippen LogP contribution in [0.3, 0.4) is 0 Å². The van der Waals surface area contributed by atoms with Crippen molar-refractivity contribution in [2.75, 3.05) is 6.54 Å². The lowest BCUT2D eigenvalue weighted by atomic mass is 9.96. The predicted molar refractivity (Wildman–Crippen MR) is 51.6 cm³/mol. The zero-order valence-electron chi connectivity index (χ0n) is 7.27. The maximum Gasteiger partial charge on any atom is 0.138 e. The van der Waals surface area contributed by atoms with Crippen molar-refractivity contribution in [1.29, 1.82) is 0 Å². The first kappa shape index (κ1) is 8.19. The third-order valence-corrected chi connectivity index (χ3v) is 2.20. The van der Waals surface area contributed by atoms with Crippen molar-refractivity contribution in [2.45, 2.75) is 12.0 Å². The Morgan fingerprint density at radius 3 is 3.00 bits per heavy atom. The van der Waals surface area contributed by atoms with Crippen LogP contribution in [0.15, 0.2) is 29.5 Å². The fourth-order valence-electron chi connectivity index (χ4n) is 1.55. The summed E-state index contributed by atoms with van der Waals surface area (Å²) in [5, 5.41) is 0. The van der Waals surface area contributed by atoms with E-state index in [1.165, 1.54) is 0 Å². The molecule has 1 aliphatic rings. The molecule has 4 nitrogen and oxygen atoms in total. The number of nitrogens with zero attached hydrogens (tertiary/aromatic N) is 2. The molecule has 13 heavy (non-hydrogen) atoms. The van der Waals surface area contributed by atoms with Crippen molar-refractivity contribution < 1.29 is 0 Å². The number of H-pyrrole nitrogens is 1. The Morgan fingerprint density at radius 1 is 1.54 bits per heavy atom. The molecular weight excluding hydrogens is 164 g/mol. The number of allylic oxidation sites excluding steroid dienone is 1. The minimum absolute atomic E-state index is 0.335. The number of nitrogens with two attached hydrogens (primary N) is 1. The first-order valence-electron chi connectivity index (χ1n) is 4.30. The normalized spacial score (nSPS) is 25.6. The quantitative estimate of drug-likeness (QED) is 0.708. The van der Waals surface area contributed by atoms with Gasteiger partial charge in [-0.1, -0.05) is 0 Å². The molecule has 0 spiro atoms. The Morgan fingerprint density at radius 2 is 2.46 bits per heavy atom. The smallest absolute Gasteiger partial charge is 0.138 e. The van der Waals surface area contributed by atoms with E-state index in [1.54, 1.807) is 18.6 Å². The lowest BCUT2D eigenvalue weighted by Crippen LogP contribution is -2.24. The molecule has 4 heteroatoms. The molecule has 2 rings (SSSR count).